The third-order valence-electron chi connectivity index (χ3n) is 6.96. The normalized spacial score (nSPS) is 31.6. The van der Waals surface area contributed by atoms with Gasteiger partial charge in [-0.3, -0.25) is 9.59 Å². The van der Waals surface area contributed by atoms with Crippen molar-refractivity contribution in [2.24, 2.45) is 22.7 Å². The van der Waals surface area contributed by atoms with Crippen LogP contribution in [0.1, 0.15) is 33.6 Å². The molecule has 0 bridgehead atoms. The highest BCUT2D eigenvalue weighted by atomic mass is 16.5. The number of methoxy groups -OCH3 is 1. The molecule has 4 rings (SSSR count). The van der Waals surface area contributed by atoms with E-state index in [1.165, 1.54) is 0 Å². The van der Waals surface area contributed by atoms with Crippen LogP contribution in [0.3, 0.4) is 0 Å². The van der Waals surface area contributed by atoms with Gasteiger partial charge in [-0.25, -0.2) is 4.99 Å². The molecule has 5 atom stereocenters. The number of guanidine groups is 1. The summed E-state index contributed by atoms with van der Waals surface area (Å²) in [5.41, 5.74) is 1.72. The van der Waals surface area contributed by atoms with Crippen LogP contribution in [0.15, 0.2) is 40.6 Å². The third-order valence-corrected chi connectivity index (χ3v) is 6.96. The Morgan fingerprint density at radius 1 is 1.31 bits per heavy atom. The number of carbonyl (C=O) groups is 2. The van der Waals surface area contributed by atoms with Crippen molar-refractivity contribution >= 4 is 17.8 Å². The second kappa shape index (κ2) is 9.48. The van der Waals surface area contributed by atoms with Crippen LogP contribution >= 0.6 is 0 Å². The fraction of sp³-hybridized carbons (Fsp3) is 0.625. The Kier molecular flexibility index (Phi) is 6.69. The molecule has 2 heterocycles. The van der Waals surface area contributed by atoms with Crippen molar-refractivity contribution in [2.75, 3.05) is 26.8 Å². The van der Waals surface area contributed by atoms with Crippen LogP contribution in [-0.2, 0) is 14.3 Å². The van der Waals surface area contributed by atoms with Crippen molar-refractivity contribution in [3.8, 4) is 0 Å². The minimum absolute atomic E-state index is 0.0168. The van der Waals surface area contributed by atoms with Crippen molar-refractivity contribution in [2.45, 2.75) is 51.7 Å². The highest BCUT2D eigenvalue weighted by Gasteiger charge is 2.52. The van der Waals surface area contributed by atoms with Crippen LogP contribution in [0.5, 0.6) is 0 Å². The Bertz CT molecular complexity index is 873. The lowest BCUT2D eigenvalue weighted by atomic mass is 9.70. The van der Waals surface area contributed by atoms with E-state index in [9.17, 15) is 9.59 Å². The molecule has 2 aliphatic heterocycles. The van der Waals surface area contributed by atoms with Crippen molar-refractivity contribution in [3.05, 3.63) is 35.6 Å². The van der Waals surface area contributed by atoms with Gasteiger partial charge in [0.2, 0.25) is 5.91 Å². The molecule has 0 spiro atoms. The molecule has 32 heavy (non-hydrogen) atoms. The molecule has 174 valence electrons. The summed E-state index contributed by atoms with van der Waals surface area (Å²) >= 11 is 0. The zero-order chi connectivity index (χ0) is 22.8. The monoisotopic (exact) mass is 441 g/mol. The smallest absolute Gasteiger partial charge is 0.251 e. The summed E-state index contributed by atoms with van der Waals surface area (Å²) in [6.07, 6.45) is 10.1. The lowest BCUT2D eigenvalue weighted by Gasteiger charge is -2.53. The SMILES string of the molecule is COCCNC(=O)C1=CC(C)C2C(=C1)[C@H](NC1=NC=CCN1)[C@@H](C)[C@H](C1CC1)N2C(C)=O. The first-order valence-electron chi connectivity index (χ1n) is 11.6. The number of carbonyl (C=O) groups excluding carboxylic acids is 2. The molecule has 4 aliphatic rings. The number of nitrogens with zero attached hydrogens (tertiary/aromatic N) is 2. The summed E-state index contributed by atoms with van der Waals surface area (Å²) in [7, 11) is 1.62. The fourth-order valence-corrected chi connectivity index (χ4v) is 5.46. The Morgan fingerprint density at radius 3 is 2.72 bits per heavy atom. The summed E-state index contributed by atoms with van der Waals surface area (Å²) in [6, 6.07) is 0.0961. The summed E-state index contributed by atoms with van der Waals surface area (Å²) < 4.78 is 5.05. The number of rotatable bonds is 6. The Balaban J connectivity index is 1.69. The molecule has 1 saturated carbocycles. The summed E-state index contributed by atoms with van der Waals surface area (Å²) in [5.74, 6) is 1.49. The number of ether oxygens (including phenoxy) is 1. The number of amides is 2. The first kappa shape index (κ1) is 22.6. The lowest BCUT2D eigenvalue weighted by Crippen LogP contribution is -2.65. The van der Waals surface area contributed by atoms with Crippen molar-refractivity contribution < 1.29 is 14.3 Å². The molecule has 0 radical (unpaired) electrons. The average molecular weight is 442 g/mol. The molecule has 0 aromatic heterocycles. The minimum atomic E-state index is -0.110. The van der Waals surface area contributed by atoms with E-state index in [-0.39, 0.29) is 41.8 Å². The van der Waals surface area contributed by atoms with Gasteiger partial charge in [0.15, 0.2) is 5.96 Å². The number of fused-ring (bicyclic) bond motifs is 1. The van der Waals surface area contributed by atoms with Gasteiger partial charge in [0.25, 0.3) is 5.91 Å². The molecule has 0 aromatic carbocycles. The largest absolute Gasteiger partial charge is 0.383 e. The maximum atomic E-state index is 12.9. The van der Waals surface area contributed by atoms with Crippen LogP contribution in [0.2, 0.25) is 0 Å². The molecule has 2 unspecified atom stereocenters. The van der Waals surface area contributed by atoms with Gasteiger partial charge in [0, 0.05) is 50.9 Å². The van der Waals surface area contributed by atoms with Crippen molar-refractivity contribution in [1.82, 2.24) is 20.9 Å². The molecule has 8 heteroatoms. The fourth-order valence-electron chi connectivity index (χ4n) is 5.46. The van der Waals surface area contributed by atoms with Gasteiger partial charge in [-0.2, -0.15) is 0 Å². The lowest BCUT2D eigenvalue weighted by molar-refractivity contribution is -0.138. The molecular formula is C24H35N5O3. The van der Waals surface area contributed by atoms with Gasteiger partial charge < -0.3 is 25.6 Å². The highest BCUT2D eigenvalue weighted by Crippen LogP contribution is 2.47. The second-order valence-electron chi connectivity index (χ2n) is 9.30. The van der Waals surface area contributed by atoms with E-state index in [1.807, 2.05) is 18.2 Å². The predicted molar refractivity (Wildman–Crippen MR) is 124 cm³/mol. The number of hydrogen-bond acceptors (Lipinski definition) is 6. The first-order chi connectivity index (χ1) is 15.4. The zero-order valence-electron chi connectivity index (χ0n) is 19.4. The molecule has 3 N–H and O–H groups in total. The number of aliphatic imine (C=N–C) groups is 1. The van der Waals surface area contributed by atoms with E-state index in [1.54, 1.807) is 20.2 Å². The second-order valence-corrected chi connectivity index (χ2v) is 9.30. The van der Waals surface area contributed by atoms with E-state index < -0.39 is 0 Å². The molecule has 2 fully saturated rings. The molecule has 0 aromatic rings. The summed E-state index contributed by atoms with van der Waals surface area (Å²) in [6.45, 7) is 7.65. The molecule has 2 aliphatic carbocycles. The van der Waals surface area contributed by atoms with Gasteiger partial charge in [-0.15, -0.1) is 0 Å². The van der Waals surface area contributed by atoms with Gasteiger partial charge in [0.1, 0.15) is 0 Å². The van der Waals surface area contributed by atoms with Gasteiger partial charge >= 0.3 is 0 Å². The molecule has 1 saturated heterocycles. The van der Waals surface area contributed by atoms with E-state index in [0.29, 0.717) is 24.6 Å². The van der Waals surface area contributed by atoms with Crippen molar-refractivity contribution in [1.29, 1.82) is 0 Å². The van der Waals surface area contributed by atoms with E-state index in [2.05, 4.69) is 39.7 Å². The first-order valence-corrected chi connectivity index (χ1v) is 11.6. The zero-order valence-corrected chi connectivity index (χ0v) is 19.4. The van der Waals surface area contributed by atoms with Crippen LogP contribution < -0.4 is 16.0 Å². The van der Waals surface area contributed by atoms with E-state index >= 15 is 0 Å². The molecular weight excluding hydrogens is 406 g/mol. The van der Waals surface area contributed by atoms with E-state index in [0.717, 1.165) is 30.9 Å². The number of piperidine rings is 1. The quantitative estimate of drug-likeness (QED) is 0.541. The van der Waals surface area contributed by atoms with Gasteiger partial charge in [-0.1, -0.05) is 19.9 Å². The Labute approximate surface area is 190 Å². The minimum Gasteiger partial charge on any atom is -0.383 e. The van der Waals surface area contributed by atoms with Crippen LogP contribution in [0, 0.1) is 17.8 Å². The standard InChI is InChI=1S/C24H35N5O3/c1-14-12-18(23(31)25-10-11-32-4)13-19-20(28-24-26-8-5-9-27-24)15(2)22(17-6-7-17)29(16(3)30)21(14)19/h5,8,12-15,17,20-22H,6-7,9-11H2,1-4H3,(H,25,31)(H2,26,27,28)/t14?,15-,20-,21?,22-/m1/s1. The molecule has 8 nitrogen and oxygen atoms in total. The number of hydrogen-bond donors (Lipinski definition) is 3. The number of nitrogens with one attached hydrogen (secondary N) is 3. The van der Waals surface area contributed by atoms with Gasteiger partial charge in [0.05, 0.1) is 18.7 Å². The van der Waals surface area contributed by atoms with Crippen LogP contribution in [0.25, 0.3) is 0 Å². The maximum Gasteiger partial charge on any atom is 0.251 e. The van der Waals surface area contributed by atoms with Crippen molar-refractivity contribution in [3.63, 3.8) is 0 Å². The highest BCUT2D eigenvalue weighted by molar-refractivity contribution is 5.97. The Hall–Kier alpha value is -2.61. The van der Waals surface area contributed by atoms with Gasteiger partial charge in [-0.05, 0) is 42.4 Å². The Morgan fingerprint density at radius 2 is 2.09 bits per heavy atom. The molecule has 2 amide bonds. The van der Waals surface area contributed by atoms with E-state index in [4.69, 9.17) is 4.74 Å². The topological polar surface area (TPSA) is 95.1 Å². The van der Waals surface area contributed by atoms with Crippen LogP contribution in [-0.4, -0.2) is 67.6 Å². The third kappa shape index (κ3) is 4.46. The summed E-state index contributed by atoms with van der Waals surface area (Å²) in [5, 5.41) is 9.83. The number of likely N-dealkylation sites (tertiary alicyclic amines) is 1. The summed E-state index contributed by atoms with van der Waals surface area (Å²) in [4.78, 5) is 32.3. The maximum absolute atomic E-state index is 12.9. The average Bonchev–Trinajstić information content (AvgIpc) is 3.61. The van der Waals surface area contributed by atoms with Crippen LogP contribution in [0.4, 0.5) is 0 Å². The predicted octanol–water partition coefficient (Wildman–Crippen LogP) is 1.33.